The third-order valence-corrected chi connectivity index (χ3v) is 11.5. The fourth-order valence-electron chi connectivity index (χ4n) is 8.57. The summed E-state index contributed by atoms with van der Waals surface area (Å²) in [7, 11) is 1.33. The fraction of sp³-hybridized carbons (Fsp3) is 0.486. The van der Waals surface area contributed by atoms with E-state index in [0.29, 0.717) is 0 Å². The predicted octanol–water partition coefficient (Wildman–Crippen LogP) is -0.231. The number of benzene rings is 2. The van der Waals surface area contributed by atoms with Crippen molar-refractivity contribution in [1.29, 1.82) is 0 Å². The number of hydrogen-bond acceptors (Lipinski definition) is 17. The summed E-state index contributed by atoms with van der Waals surface area (Å²) in [5.74, 6) is -2.82. The minimum Gasteiger partial charge on any atom is -0.507 e. The molecule has 0 saturated carbocycles. The number of aliphatic hydroxyl groups is 4. The van der Waals surface area contributed by atoms with E-state index in [4.69, 9.17) is 24.7 Å². The molecule has 2 aliphatic carbocycles. The van der Waals surface area contributed by atoms with Gasteiger partial charge in [0.2, 0.25) is 11.7 Å². The number of phenols is 2. The number of fused-ring (bicyclic) bond motifs is 4. The number of nitrogen functional groups attached to an aromatic ring is 1. The van der Waals surface area contributed by atoms with Gasteiger partial charge < -0.3 is 55.3 Å². The second-order valence-corrected chi connectivity index (χ2v) is 14.9. The number of carbonyl (C=O) groups is 2. The lowest BCUT2D eigenvalue weighted by Gasteiger charge is -2.48. The molecule has 298 valence electrons. The maximum absolute atomic E-state index is 14.0. The molecule has 9 N–H and O–H groups in total. The largest absolute Gasteiger partial charge is 0.507 e. The normalized spacial score (nSPS) is 29.8. The molecule has 4 aromatic rings. The maximum atomic E-state index is 14.0. The summed E-state index contributed by atoms with van der Waals surface area (Å²) in [4.78, 5) is 53.0. The van der Waals surface area contributed by atoms with Gasteiger partial charge in [0.25, 0.3) is 5.56 Å². The monoisotopic (exact) mass is 778 g/mol. The van der Waals surface area contributed by atoms with Crippen molar-refractivity contribution >= 4 is 28.7 Å². The molecule has 0 amide bonds. The fourth-order valence-corrected chi connectivity index (χ4v) is 8.57. The molecule has 4 heterocycles. The minimum absolute atomic E-state index is 0.00450. The number of carbonyl (C=O) groups excluding carboxylic acids is 2. The van der Waals surface area contributed by atoms with Gasteiger partial charge in [0.05, 0.1) is 72.9 Å². The average Bonchev–Trinajstić information content (AvgIpc) is 3.60. The Hall–Kier alpha value is -4.99. The molecule has 9 atom stereocenters. The van der Waals surface area contributed by atoms with Crippen molar-refractivity contribution in [1.82, 2.24) is 24.4 Å². The number of nitrogens with two attached hydrogens (primary N) is 1. The van der Waals surface area contributed by atoms with Gasteiger partial charge in [-0.15, -0.1) is 0 Å². The number of aromatic amines is 1. The first kappa shape index (κ1) is 37.9. The van der Waals surface area contributed by atoms with E-state index < -0.39 is 101 Å². The number of anilines is 1. The number of H-pyrrole nitrogens is 1. The van der Waals surface area contributed by atoms with Crippen LogP contribution in [0.2, 0.25) is 0 Å². The lowest BCUT2D eigenvalue weighted by atomic mass is 9.71. The molecule has 4 aliphatic rings. The number of methoxy groups -OCH3 is 1. The quantitative estimate of drug-likeness (QED) is 0.0991. The number of imidazole rings is 1. The summed E-state index contributed by atoms with van der Waals surface area (Å²) < 4.78 is 25.6. The highest BCUT2D eigenvalue weighted by atomic mass is 16.7. The number of nitrogens with zero attached hydrogens (tertiary/aromatic N) is 4. The maximum Gasteiger partial charge on any atom is 0.280 e. The Morgan fingerprint density at radius 3 is 2.57 bits per heavy atom. The van der Waals surface area contributed by atoms with E-state index >= 15 is 0 Å². The molecule has 2 aromatic heterocycles. The topological polar surface area (TPSA) is 285 Å². The van der Waals surface area contributed by atoms with Crippen molar-refractivity contribution in [3.63, 3.8) is 0 Å². The molecule has 2 aliphatic heterocycles. The van der Waals surface area contributed by atoms with Gasteiger partial charge >= 0.3 is 0 Å². The SMILES string of the molecule is COc1cccc2c1C(=O)c1c(O)c3c(c(O)c1C2=O)C[C@@](O)(C(C)O)C[C@@H]3O[C@H]1C[C@H](N2C[C@H](CO)O[C@H](n3cnc4c(=O)[nH]c(N)nc43)C2)[C@H](O)[C@H](C)O1. The van der Waals surface area contributed by atoms with Crippen molar-refractivity contribution in [3.05, 3.63) is 68.3 Å². The second-order valence-electron chi connectivity index (χ2n) is 14.9. The van der Waals surface area contributed by atoms with Crippen LogP contribution in [0, 0.1) is 0 Å². The zero-order valence-electron chi connectivity index (χ0n) is 30.6. The summed E-state index contributed by atoms with van der Waals surface area (Å²) >= 11 is 0. The van der Waals surface area contributed by atoms with Crippen LogP contribution in [0.15, 0.2) is 29.3 Å². The average molecular weight is 779 g/mol. The highest BCUT2D eigenvalue weighted by Gasteiger charge is 2.50. The zero-order valence-corrected chi connectivity index (χ0v) is 30.6. The number of aromatic hydroxyl groups is 2. The van der Waals surface area contributed by atoms with Crippen LogP contribution in [0.25, 0.3) is 11.2 Å². The molecular formula is C37H42N6O13. The van der Waals surface area contributed by atoms with E-state index in [0.717, 1.165) is 0 Å². The van der Waals surface area contributed by atoms with Crippen LogP contribution in [0.4, 0.5) is 5.95 Å². The summed E-state index contributed by atoms with van der Waals surface area (Å²) in [5.41, 5.74) is 2.36. The van der Waals surface area contributed by atoms with Crippen molar-refractivity contribution < 1.29 is 59.2 Å². The van der Waals surface area contributed by atoms with Crippen LogP contribution in [-0.2, 0) is 20.6 Å². The van der Waals surface area contributed by atoms with E-state index in [2.05, 4.69) is 15.0 Å². The highest BCUT2D eigenvalue weighted by Crippen LogP contribution is 2.53. The zero-order chi connectivity index (χ0) is 40.0. The molecule has 19 nitrogen and oxygen atoms in total. The van der Waals surface area contributed by atoms with Crippen molar-refractivity contribution in [2.24, 2.45) is 0 Å². The predicted molar refractivity (Wildman–Crippen MR) is 192 cm³/mol. The van der Waals surface area contributed by atoms with E-state index in [1.807, 2.05) is 4.90 Å². The molecule has 0 bridgehead atoms. The first-order valence-corrected chi connectivity index (χ1v) is 18.1. The number of rotatable bonds is 7. The van der Waals surface area contributed by atoms with Gasteiger partial charge in [-0.25, -0.2) is 4.98 Å². The van der Waals surface area contributed by atoms with Crippen LogP contribution in [0.3, 0.4) is 0 Å². The molecule has 2 fully saturated rings. The lowest BCUT2D eigenvalue weighted by Crippen LogP contribution is -2.60. The number of phenolic OH excluding ortho intramolecular Hbond substituents is 2. The van der Waals surface area contributed by atoms with Crippen molar-refractivity contribution in [2.75, 3.05) is 32.5 Å². The number of hydrogen-bond donors (Lipinski definition) is 8. The molecule has 1 unspecified atom stereocenters. The summed E-state index contributed by atoms with van der Waals surface area (Å²) in [6.07, 6.45) is -6.63. The second kappa shape index (κ2) is 13.9. The number of morpholine rings is 1. The Balaban J connectivity index is 1.14. The Morgan fingerprint density at radius 2 is 1.86 bits per heavy atom. The Morgan fingerprint density at radius 1 is 1.11 bits per heavy atom. The van der Waals surface area contributed by atoms with Crippen molar-refractivity contribution in [3.8, 4) is 17.2 Å². The van der Waals surface area contributed by atoms with Gasteiger partial charge in [0, 0.05) is 55.1 Å². The van der Waals surface area contributed by atoms with E-state index in [9.17, 15) is 45.0 Å². The Labute approximate surface area is 317 Å². The molecule has 0 spiro atoms. The van der Waals surface area contributed by atoms with E-state index in [1.165, 1.54) is 43.1 Å². The van der Waals surface area contributed by atoms with E-state index in [1.54, 1.807) is 6.92 Å². The van der Waals surface area contributed by atoms with Gasteiger partial charge in [0.1, 0.15) is 23.5 Å². The van der Waals surface area contributed by atoms with Crippen LogP contribution < -0.4 is 16.0 Å². The standard InChI is InChI=1S/C37H42N6O13/c1-14-29(46)19(42-10-16(12-44)55-22(11-42)43-13-39-28-34(43)40-36(38)41-35(28)51)7-23(54-14)56-21-9-37(52,15(2)45)8-18-25(21)33(50)27-26(31(18)48)30(47)17-5-4-6-20(53-3)24(17)32(27)49/h4-6,13-16,19,21-23,29,44-46,48,50,52H,7-12H2,1-3H3,(H3,38,40,41,51)/t14-,15?,16+,19-,21-,22-,23-,29+,37-/m0/s1. The number of ketones is 2. The van der Waals surface area contributed by atoms with Gasteiger partial charge in [-0.3, -0.25) is 28.8 Å². The lowest BCUT2D eigenvalue weighted by molar-refractivity contribution is -0.268. The first-order chi connectivity index (χ1) is 26.6. The van der Waals surface area contributed by atoms with Gasteiger partial charge in [-0.05, 0) is 19.9 Å². The Bertz CT molecular complexity index is 2310. The third-order valence-electron chi connectivity index (χ3n) is 11.5. The Kier molecular flexibility index (Phi) is 9.40. The molecule has 56 heavy (non-hydrogen) atoms. The first-order valence-electron chi connectivity index (χ1n) is 18.1. The number of nitrogens with one attached hydrogen (secondary N) is 1. The number of aliphatic hydroxyl groups excluding tert-OH is 3. The van der Waals surface area contributed by atoms with E-state index in [-0.39, 0.29) is 77.7 Å². The summed E-state index contributed by atoms with van der Waals surface area (Å²) in [6, 6.07) is 3.74. The summed E-state index contributed by atoms with van der Waals surface area (Å²) in [5, 5.41) is 67.9. The molecule has 8 rings (SSSR count). The smallest absolute Gasteiger partial charge is 0.280 e. The van der Waals surface area contributed by atoms with Crippen LogP contribution in [0.5, 0.6) is 17.2 Å². The molecule has 19 heteroatoms. The molecule has 0 radical (unpaired) electrons. The van der Waals surface area contributed by atoms with Crippen LogP contribution in [-0.4, -0.2) is 136 Å². The number of ether oxygens (including phenoxy) is 4. The number of aromatic nitrogens is 4. The molecular weight excluding hydrogens is 736 g/mol. The molecule has 2 aromatic carbocycles. The van der Waals surface area contributed by atoms with Crippen LogP contribution >= 0.6 is 0 Å². The van der Waals surface area contributed by atoms with Gasteiger partial charge in [-0.1, -0.05) is 12.1 Å². The highest BCUT2D eigenvalue weighted by molar-refractivity contribution is 6.31. The van der Waals surface area contributed by atoms with Crippen molar-refractivity contribution in [2.45, 2.75) is 87.8 Å². The van der Waals surface area contributed by atoms with Gasteiger partial charge in [0.15, 0.2) is 23.2 Å². The third kappa shape index (κ3) is 5.93. The minimum atomic E-state index is -1.92. The molecule has 2 saturated heterocycles. The van der Waals surface area contributed by atoms with Crippen LogP contribution in [0.1, 0.15) is 82.0 Å². The summed E-state index contributed by atoms with van der Waals surface area (Å²) in [6.45, 7) is 2.91. The van der Waals surface area contributed by atoms with Gasteiger partial charge in [-0.2, -0.15) is 4.98 Å².